The second-order valence-corrected chi connectivity index (χ2v) is 7.04. The standard InChI is InChI=1S/C21H23N3O2/c1-15-12-17-7-4-5-9-19(17)24(15)21(26)22-13-20(25)23-11-10-16-6-2-3-8-18(16)14-23/h2-9,15H,10-14H2,1H3,(H,22,26). The van der Waals surface area contributed by atoms with E-state index in [-0.39, 0.29) is 24.5 Å². The fraction of sp³-hybridized carbons (Fsp3) is 0.333. The van der Waals surface area contributed by atoms with Crippen molar-refractivity contribution in [1.29, 1.82) is 0 Å². The quantitative estimate of drug-likeness (QED) is 0.906. The number of hydrogen-bond donors (Lipinski definition) is 1. The van der Waals surface area contributed by atoms with Crippen LogP contribution >= 0.6 is 0 Å². The lowest BCUT2D eigenvalue weighted by Gasteiger charge is -2.29. The number of fused-ring (bicyclic) bond motifs is 2. The van der Waals surface area contributed by atoms with Crippen LogP contribution in [0.5, 0.6) is 0 Å². The van der Waals surface area contributed by atoms with Gasteiger partial charge in [-0.1, -0.05) is 42.5 Å². The van der Waals surface area contributed by atoms with Crippen LogP contribution in [0.15, 0.2) is 48.5 Å². The lowest BCUT2D eigenvalue weighted by molar-refractivity contribution is -0.130. The van der Waals surface area contributed by atoms with Crippen molar-refractivity contribution in [1.82, 2.24) is 10.2 Å². The van der Waals surface area contributed by atoms with Crippen LogP contribution in [0.4, 0.5) is 10.5 Å². The number of anilines is 1. The van der Waals surface area contributed by atoms with Crippen LogP contribution < -0.4 is 10.2 Å². The molecule has 0 saturated carbocycles. The van der Waals surface area contributed by atoms with Gasteiger partial charge in [-0.15, -0.1) is 0 Å². The Balaban J connectivity index is 1.37. The van der Waals surface area contributed by atoms with Gasteiger partial charge in [0.25, 0.3) is 0 Å². The van der Waals surface area contributed by atoms with Gasteiger partial charge in [0, 0.05) is 24.8 Å². The van der Waals surface area contributed by atoms with Gasteiger partial charge in [-0.05, 0) is 42.5 Å². The van der Waals surface area contributed by atoms with E-state index in [0.717, 1.165) is 18.5 Å². The number of carbonyl (C=O) groups excluding carboxylic acids is 2. The molecule has 2 aliphatic rings. The van der Waals surface area contributed by atoms with Gasteiger partial charge in [0.1, 0.15) is 0 Å². The molecule has 0 spiro atoms. The highest BCUT2D eigenvalue weighted by Crippen LogP contribution is 2.31. The van der Waals surface area contributed by atoms with Crippen LogP contribution in [0, 0.1) is 0 Å². The Kier molecular flexibility index (Phi) is 4.37. The molecule has 2 aliphatic heterocycles. The molecule has 0 radical (unpaired) electrons. The molecule has 2 aromatic carbocycles. The summed E-state index contributed by atoms with van der Waals surface area (Å²) in [6.45, 7) is 3.39. The average molecular weight is 349 g/mol. The molecular formula is C21H23N3O2. The molecular weight excluding hydrogens is 326 g/mol. The Morgan fingerprint density at radius 2 is 1.73 bits per heavy atom. The predicted octanol–water partition coefficient (Wildman–Crippen LogP) is 2.73. The molecule has 2 heterocycles. The summed E-state index contributed by atoms with van der Waals surface area (Å²) in [7, 11) is 0. The first-order chi connectivity index (χ1) is 12.6. The lowest BCUT2D eigenvalue weighted by Crippen LogP contribution is -2.48. The van der Waals surface area contributed by atoms with Crippen LogP contribution in [0.1, 0.15) is 23.6 Å². The van der Waals surface area contributed by atoms with E-state index in [4.69, 9.17) is 0 Å². The van der Waals surface area contributed by atoms with E-state index >= 15 is 0 Å². The van der Waals surface area contributed by atoms with Crippen molar-refractivity contribution < 1.29 is 9.59 Å². The van der Waals surface area contributed by atoms with Crippen LogP contribution in [0.2, 0.25) is 0 Å². The summed E-state index contributed by atoms with van der Waals surface area (Å²) < 4.78 is 0. The van der Waals surface area contributed by atoms with Gasteiger partial charge < -0.3 is 10.2 Å². The maximum atomic E-state index is 12.6. The Bertz CT molecular complexity index is 849. The first-order valence-electron chi connectivity index (χ1n) is 9.13. The number of urea groups is 1. The third-order valence-electron chi connectivity index (χ3n) is 5.30. The average Bonchev–Trinajstić information content (AvgIpc) is 3.01. The number of para-hydroxylation sites is 1. The van der Waals surface area contributed by atoms with E-state index in [2.05, 4.69) is 23.5 Å². The molecule has 0 aliphatic carbocycles. The number of hydrogen-bond acceptors (Lipinski definition) is 2. The van der Waals surface area contributed by atoms with Crippen molar-refractivity contribution in [3.05, 3.63) is 65.2 Å². The maximum absolute atomic E-state index is 12.6. The maximum Gasteiger partial charge on any atom is 0.322 e. The fourth-order valence-corrected chi connectivity index (χ4v) is 3.93. The van der Waals surface area contributed by atoms with Crippen molar-refractivity contribution in [2.45, 2.75) is 32.4 Å². The molecule has 1 atom stereocenters. The molecule has 5 nitrogen and oxygen atoms in total. The van der Waals surface area contributed by atoms with Crippen molar-refractivity contribution >= 4 is 17.6 Å². The topological polar surface area (TPSA) is 52.7 Å². The summed E-state index contributed by atoms with van der Waals surface area (Å²) in [5.74, 6) is -0.0343. The predicted molar refractivity (Wildman–Crippen MR) is 101 cm³/mol. The molecule has 4 rings (SSSR count). The fourth-order valence-electron chi connectivity index (χ4n) is 3.93. The Morgan fingerprint density at radius 3 is 2.54 bits per heavy atom. The Morgan fingerprint density at radius 1 is 1.04 bits per heavy atom. The van der Waals surface area contributed by atoms with Crippen molar-refractivity contribution in [2.24, 2.45) is 0 Å². The summed E-state index contributed by atoms with van der Waals surface area (Å²) in [4.78, 5) is 28.8. The molecule has 2 aromatic rings. The lowest BCUT2D eigenvalue weighted by atomic mass is 10.00. The summed E-state index contributed by atoms with van der Waals surface area (Å²) in [6, 6.07) is 16.1. The summed E-state index contributed by atoms with van der Waals surface area (Å²) in [6.07, 6.45) is 1.72. The number of nitrogens with one attached hydrogen (secondary N) is 1. The van der Waals surface area contributed by atoms with Crippen LogP contribution in [-0.4, -0.2) is 36.0 Å². The SMILES string of the molecule is CC1Cc2ccccc2N1C(=O)NCC(=O)N1CCc2ccccc2C1. The summed E-state index contributed by atoms with van der Waals surface area (Å²) >= 11 is 0. The molecule has 1 N–H and O–H groups in total. The molecule has 0 aromatic heterocycles. The molecule has 0 bridgehead atoms. The van der Waals surface area contributed by atoms with Gasteiger partial charge in [-0.3, -0.25) is 9.69 Å². The van der Waals surface area contributed by atoms with E-state index in [1.54, 1.807) is 4.90 Å². The molecule has 5 heteroatoms. The normalized spacial score (nSPS) is 18.3. The summed E-state index contributed by atoms with van der Waals surface area (Å²) in [5, 5.41) is 2.81. The Hall–Kier alpha value is -2.82. The van der Waals surface area contributed by atoms with E-state index in [0.29, 0.717) is 13.1 Å². The number of nitrogens with zero attached hydrogens (tertiary/aromatic N) is 2. The highest BCUT2D eigenvalue weighted by atomic mass is 16.2. The smallest absolute Gasteiger partial charge is 0.322 e. The molecule has 3 amide bonds. The zero-order valence-electron chi connectivity index (χ0n) is 14.9. The van der Waals surface area contributed by atoms with E-state index in [9.17, 15) is 9.59 Å². The van der Waals surface area contributed by atoms with E-state index < -0.39 is 0 Å². The number of rotatable bonds is 2. The van der Waals surface area contributed by atoms with Gasteiger partial charge in [-0.2, -0.15) is 0 Å². The number of benzene rings is 2. The zero-order valence-corrected chi connectivity index (χ0v) is 14.9. The monoisotopic (exact) mass is 349 g/mol. The second-order valence-electron chi connectivity index (χ2n) is 7.04. The van der Waals surface area contributed by atoms with Gasteiger partial charge in [0.15, 0.2) is 0 Å². The first-order valence-corrected chi connectivity index (χ1v) is 9.13. The van der Waals surface area contributed by atoms with Crippen LogP contribution in [0.3, 0.4) is 0 Å². The van der Waals surface area contributed by atoms with Crippen molar-refractivity contribution in [3.8, 4) is 0 Å². The summed E-state index contributed by atoms with van der Waals surface area (Å²) in [5.41, 5.74) is 4.62. The van der Waals surface area contributed by atoms with E-state index in [1.807, 2.05) is 42.2 Å². The largest absolute Gasteiger partial charge is 0.336 e. The minimum absolute atomic E-state index is 0.0341. The van der Waals surface area contributed by atoms with Crippen molar-refractivity contribution in [3.63, 3.8) is 0 Å². The second kappa shape index (κ2) is 6.83. The third-order valence-corrected chi connectivity index (χ3v) is 5.30. The minimum Gasteiger partial charge on any atom is -0.336 e. The van der Waals surface area contributed by atoms with Crippen molar-refractivity contribution in [2.75, 3.05) is 18.0 Å². The van der Waals surface area contributed by atoms with Gasteiger partial charge in [0.05, 0.1) is 6.54 Å². The highest BCUT2D eigenvalue weighted by Gasteiger charge is 2.31. The Labute approximate surface area is 153 Å². The number of amides is 3. The van der Waals surface area contributed by atoms with Crippen LogP contribution in [0.25, 0.3) is 0 Å². The van der Waals surface area contributed by atoms with Gasteiger partial charge in [0.2, 0.25) is 5.91 Å². The first kappa shape index (κ1) is 16.6. The molecule has 134 valence electrons. The minimum atomic E-state index is -0.201. The molecule has 0 saturated heterocycles. The van der Waals surface area contributed by atoms with Gasteiger partial charge in [-0.25, -0.2) is 4.79 Å². The zero-order chi connectivity index (χ0) is 18.1. The molecule has 26 heavy (non-hydrogen) atoms. The number of carbonyl (C=O) groups is 2. The third kappa shape index (κ3) is 3.05. The van der Waals surface area contributed by atoms with Crippen LogP contribution in [-0.2, 0) is 24.2 Å². The van der Waals surface area contributed by atoms with Gasteiger partial charge >= 0.3 is 6.03 Å². The molecule has 1 unspecified atom stereocenters. The highest BCUT2D eigenvalue weighted by molar-refractivity contribution is 5.96. The van der Waals surface area contributed by atoms with E-state index in [1.165, 1.54) is 16.7 Å². The molecule has 0 fully saturated rings.